The van der Waals surface area contributed by atoms with Gasteiger partial charge in [0.25, 0.3) is 0 Å². The van der Waals surface area contributed by atoms with Gasteiger partial charge in [-0.2, -0.15) is 0 Å². The summed E-state index contributed by atoms with van der Waals surface area (Å²) in [4.78, 5) is 0. The molecule has 0 amide bonds. The Morgan fingerprint density at radius 3 is 2.17 bits per heavy atom. The van der Waals surface area contributed by atoms with E-state index < -0.39 is 0 Å². The molecular formula is C21H22N3+. The molecule has 1 aliphatic carbocycles. The van der Waals surface area contributed by atoms with Gasteiger partial charge in [0.15, 0.2) is 5.71 Å². The third-order valence-corrected chi connectivity index (χ3v) is 4.32. The number of rotatable bonds is 2. The van der Waals surface area contributed by atoms with Gasteiger partial charge < -0.3 is 11.5 Å². The molecular weight excluding hydrogens is 294 g/mol. The van der Waals surface area contributed by atoms with Crippen LogP contribution in [0.15, 0.2) is 71.8 Å². The minimum atomic E-state index is 0.750. The summed E-state index contributed by atoms with van der Waals surface area (Å²) in [6.07, 6.45) is 6.12. The molecule has 120 valence electrons. The van der Waals surface area contributed by atoms with Crippen molar-refractivity contribution in [3.05, 3.63) is 88.5 Å². The summed E-state index contributed by atoms with van der Waals surface area (Å²) < 4.78 is 0. The molecule has 0 radical (unpaired) electrons. The molecule has 0 unspecified atom stereocenters. The van der Waals surface area contributed by atoms with Gasteiger partial charge in [-0.05, 0) is 78.1 Å². The lowest BCUT2D eigenvalue weighted by Gasteiger charge is -2.16. The number of nitrogens with two attached hydrogens (primary N) is 3. The summed E-state index contributed by atoms with van der Waals surface area (Å²) in [5, 5.41) is 5.99. The van der Waals surface area contributed by atoms with Crippen molar-refractivity contribution in [3.8, 4) is 0 Å². The Hall–Kier alpha value is -3.07. The molecule has 0 aromatic heterocycles. The van der Waals surface area contributed by atoms with Crippen LogP contribution in [0.4, 0.5) is 11.4 Å². The van der Waals surface area contributed by atoms with Crippen LogP contribution in [0.25, 0.3) is 5.57 Å². The van der Waals surface area contributed by atoms with Crippen LogP contribution in [0.1, 0.15) is 23.6 Å². The Kier molecular flexibility index (Phi) is 4.09. The van der Waals surface area contributed by atoms with Crippen molar-refractivity contribution in [2.24, 2.45) is 0 Å². The van der Waals surface area contributed by atoms with Gasteiger partial charge in [0, 0.05) is 23.0 Å². The van der Waals surface area contributed by atoms with Crippen LogP contribution < -0.4 is 16.9 Å². The predicted molar refractivity (Wildman–Crippen MR) is 102 cm³/mol. The summed E-state index contributed by atoms with van der Waals surface area (Å²) in [5.41, 5.74) is 20.8. The molecule has 2 aromatic carbocycles. The fourth-order valence-corrected chi connectivity index (χ4v) is 2.81. The second-order valence-electron chi connectivity index (χ2n) is 6.14. The lowest BCUT2D eigenvalue weighted by Crippen LogP contribution is -2.39. The van der Waals surface area contributed by atoms with Crippen molar-refractivity contribution < 1.29 is 5.41 Å². The van der Waals surface area contributed by atoms with Gasteiger partial charge in [0.1, 0.15) is 0 Å². The molecule has 0 aliphatic heterocycles. The number of aryl methyl sites for hydroxylation is 1. The van der Waals surface area contributed by atoms with E-state index in [2.05, 4.69) is 24.3 Å². The van der Waals surface area contributed by atoms with Crippen molar-refractivity contribution in [2.45, 2.75) is 13.8 Å². The highest BCUT2D eigenvalue weighted by molar-refractivity contribution is 6.07. The van der Waals surface area contributed by atoms with Crippen LogP contribution in [0.5, 0.6) is 0 Å². The summed E-state index contributed by atoms with van der Waals surface area (Å²) >= 11 is 0. The van der Waals surface area contributed by atoms with E-state index in [1.54, 1.807) is 0 Å². The van der Waals surface area contributed by atoms with Crippen LogP contribution in [-0.2, 0) is 0 Å². The molecule has 3 heteroatoms. The highest BCUT2D eigenvalue weighted by atomic mass is 14.6. The van der Waals surface area contributed by atoms with Gasteiger partial charge >= 0.3 is 0 Å². The molecule has 3 rings (SSSR count). The van der Waals surface area contributed by atoms with E-state index in [-0.39, 0.29) is 0 Å². The number of hydrogen-bond acceptors (Lipinski definition) is 2. The monoisotopic (exact) mass is 316 g/mol. The first-order valence-corrected chi connectivity index (χ1v) is 7.91. The van der Waals surface area contributed by atoms with Crippen LogP contribution in [0.2, 0.25) is 0 Å². The fraction of sp³-hybridized carbons (Fsp3) is 0.0952. The lowest BCUT2D eigenvalue weighted by molar-refractivity contribution is -0.111. The number of hydrogen-bond donors (Lipinski definition) is 3. The molecule has 0 spiro atoms. The Balaban J connectivity index is 2.25. The molecule has 0 atom stereocenters. The van der Waals surface area contributed by atoms with E-state index >= 15 is 0 Å². The molecule has 0 saturated heterocycles. The molecule has 2 aromatic rings. The lowest BCUT2D eigenvalue weighted by atomic mass is 9.88. The topological polar surface area (TPSA) is 77.6 Å². The molecule has 0 fully saturated rings. The van der Waals surface area contributed by atoms with Crippen LogP contribution in [-0.4, -0.2) is 5.71 Å². The van der Waals surface area contributed by atoms with Crippen molar-refractivity contribution in [1.82, 2.24) is 0 Å². The normalized spacial score (nSPS) is 16.1. The van der Waals surface area contributed by atoms with Crippen LogP contribution in [0, 0.1) is 6.92 Å². The molecule has 0 heterocycles. The third kappa shape index (κ3) is 3.01. The summed E-state index contributed by atoms with van der Waals surface area (Å²) in [6.45, 7) is 4.04. The van der Waals surface area contributed by atoms with Crippen LogP contribution in [0.3, 0.4) is 0 Å². The average Bonchev–Trinajstić information content (AvgIpc) is 2.56. The van der Waals surface area contributed by atoms with E-state index in [4.69, 9.17) is 16.9 Å². The maximum Gasteiger partial charge on any atom is 0.199 e. The van der Waals surface area contributed by atoms with Crippen molar-refractivity contribution >= 4 is 22.7 Å². The first-order valence-electron chi connectivity index (χ1n) is 7.91. The van der Waals surface area contributed by atoms with E-state index in [1.165, 1.54) is 0 Å². The number of allylic oxidation sites excluding steroid dienone is 5. The van der Waals surface area contributed by atoms with E-state index in [9.17, 15) is 0 Å². The van der Waals surface area contributed by atoms with Gasteiger partial charge in [-0.3, -0.25) is 5.41 Å². The second-order valence-corrected chi connectivity index (χ2v) is 6.14. The number of nitrogen functional groups attached to an aromatic ring is 2. The highest BCUT2D eigenvalue weighted by Crippen LogP contribution is 2.32. The molecule has 24 heavy (non-hydrogen) atoms. The molecule has 6 N–H and O–H groups in total. The number of anilines is 2. The second kappa shape index (κ2) is 6.20. The Morgan fingerprint density at radius 2 is 1.54 bits per heavy atom. The van der Waals surface area contributed by atoms with Gasteiger partial charge in [-0.1, -0.05) is 18.2 Å². The van der Waals surface area contributed by atoms with E-state index in [1.807, 2.05) is 50.3 Å². The molecule has 0 saturated carbocycles. The van der Waals surface area contributed by atoms with Gasteiger partial charge in [-0.15, -0.1) is 0 Å². The third-order valence-electron chi connectivity index (χ3n) is 4.32. The maximum atomic E-state index is 5.99. The minimum Gasteiger partial charge on any atom is -0.399 e. The van der Waals surface area contributed by atoms with Crippen molar-refractivity contribution in [2.75, 3.05) is 11.5 Å². The molecule has 1 aliphatic rings. The maximum absolute atomic E-state index is 5.99. The Labute approximate surface area is 142 Å². The van der Waals surface area contributed by atoms with E-state index in [0.29, 0.717) is 0 Å². The fourth-order valence-electron chi connectivity index (χ4n) is 2.81. The van der Waals surface area contributed by atoms with Crippen molar-refractivity contribution in [3.63, 3.8) is 0 Å². The summed E-state index contributed by atoms with van der Waals surface area (Å²) in [7, 11) is 0. The standard InChI is InChI=1S/C21H21N3/c1-13-11-16(5-9-19(13)23)21(15-3-7-18(22)8-4-15)17-6-10-20(24)14(2)12-17/h3-12,23H,22,24H2,1-2H3/p+1. The van der Waals surface area contributed by atoms with Gasteiger partial charge in [0.05, 0.1) is 0 Å². The summed E-state index contributed by atoms with van der Waals surface area (Å²) in [5.74, 6) is 0. The summed E-state index contributed by atoms with van der Waals surface area (Å²) in [6, 6.07) is 14.1. The predicted octanol–water partition coefficient (Wildman–Crippen LogP) is 2.68. The smallest absolute Gasteiger partial charge is 0.199 e. The average molecular weight is 316 g/mol. The number of benzene rings is 2. The van der Waals surface area contributed by atoms with Crippen molar-refractivity contribution in [1.29, 1.82) is 0 Å². The molecule has 3 nitrogen and oxygen atoms in total. The van der Waals surface area contributed by atoms with Crippen LogP contribution >= 0.6 is 0 Å². The SMILES string of the molecule is CC1=CC(=C(c2ccc(N)cc2)c2ccc(N)c(C)c2)C=CC1=[NH2+]. The Morgan fingerprint density at radius 1 is 0.875 bits per heavy atom. The zero-order valence-corrected chi connectivity index (χ0v) is 14.0. The largest absolute Gasteiger partial charge is 0.399 e. The first-order chi connectivity index (χ1) is 11.5. The zero-order valence-electron chi connectivity index (χ0n) is 14.0. The molecule has 0 bridgehead atoms. The van der Waals surface area contributed by atoms with E-state index in [0.717, 1.165) is 50.5 Å². The minimum absolute atomic E-state index is 0.750. The highest BCUT2D eigenvalue weighted by Gasteiger charge is 2.15. The van der Waals surface area contributed by atoms with Gasteiger partial charge in [0.2, 0.25) is 0 Å². The van der Waals surface area contributed by atoms with Gasteiger partial charge in [-0.25, -0.2) is 0 Å². The first kappa shape index (κ1) is 15.8. The zero-order chi connectivity index (χ0) is 17.3. The Bertz CT molecular complexity index is 897. The quantitative estimate of drug-likeness (QED) is 0.745.